The van der Waals surface area contributed by atoms with Gasteiger partial charge in [-0.1, -0.05) is 11.6 Å². The monoisotopic (exact) mass is 427 g/mol. The van der Waals surface area contributed by atoms with E-state index in [-0.39, 0.29) is 16.4 Å². The fourth-order valence-electron chi connectivity index (χ4n) is 3.16. The van der Waals surface area contributed by atoms with Gasteiger partial charge in [0, 0.05) is 25.0 Å². The standard InChI is InChI=1S/C20H21ClF3N3O2/c21-18-17(4-1-5-25-18)19(28)26-16-12-14(11-15(13-16)20(22,23)24)3-2-6-27-7-9-29-10-8-27/h1,4-5,11-13H,2-3,6-10H2,(H,26,28). The Labute approximate surface area is 171 Å². The molecule has 0 bridgehead atoms. The summed E-state index contributed by atoms with van der Waals surface area (Å²) in [6.07, 6.45) is -1.90. The van der Waals surface area contributed by atoms with Crippen LogP contribution in [0.5, 0.6) is 0 Å². The molecule has 2 heterocycles. The third-order valence-electron chi connectivity index (χ3n) is 4.63. The second-order valence-corrected chi connectivity index (χ2v) is 7.13. The molecule has 1 N–H and O–H groups in total. The third-order valence-corrected chi connectivity index (χ3v) is 4.93. The van der Waals surface area contributed by atoms with Gasteiger partial charge in [-0.2, -0.15) is 13.2 Å². The number of benzene rings is 1. The Morgan fingerprint density at radius 2 is 2.00 bits per heavy atom. The van der Waals surface area contributed by atoms with Crippen molar-refractivity contribution in [2.75, 3.05) is 38.2 Å². The van der Waals surface area contributed by atoms with Gasteiger partial charge in [-0.25, -0.2) is 4.98 Å². The van der Waals surface area contributed by atoms with E-state index in [0.717, 1.165) is 31.8 Å². The second kappa shape index (κ2) is 9.56. The lowest BCUT2D eigenvalue weighted by Crippen LogP contribution is -2.36. The smallest absolute Gasteiger partial charge is 0.379 e. The van der Waals surface area contributed by atoms with Crippen molar-refractivity contribution >= 4 is 23.2 Å². The molecule has 1 fully saturated rings. The van der Waals surface area contributed by atoms with Gasteiger partial charge in [-0.3, -0.25) is 9.69 Å². The van der Waals surface area contributed by atoms with Crippen LogP contribution in [0.1, 0.15) is 27.9 Å². The first kappa shape index (κ1) is 21.5. The van der Waals surface area contributed by atoms with Crippen LogP contribution in [0.3, 0.4) is 0 Å². The molecule has 1 aliphatic rings. The number of rotatable bonds is 6. The summed E-state index contributed by atoms with van der Waals surface area (Å²) in [5.74, 6) is -0.610. The van der Waals surface area contributed by atoms with Gasteiger partial charge in [-0.05, 0) is 55.3 Å². The van der Waals surface area contributed by atoms with Crippen LogP contribution in [0.4, 0.5) is 18.9 Å². The van der Waals surface area contributed by atoms with Crippen LogP contribution in [0.15, 0.2) is 36.5 Å². The maximum absolute atomic E-state index is 13.3. The van der Waals surface area contributed by atoms with Crippen molar-refractivity contribution in [2.24, 2.45) is 0 Å². The maximum atomic E-state index is 13.3. The number of pyridine rings is 1. The number of alkyl halides is 3. The molecule has 0 radical (unpaired) electrons. The predicted molar refractivity (Wildman–Crippen MR) is 104 cm³/mol. The Bertz CT molecular complexity index is 855. The highest BCUT2D eigenvalue weighted by Gasteiger charge is 2.31. The molecule has 1 aromatic heterocycles. The minimum atomic E-state index is -4.51. The Kier molecular flexibility index (Phi) is 7.10. The fraction of sp³-hybridized carbons (Fsp3) is 0.400. The number of hydrogen-bond donors (Lipinski definition) is 1. The molecule has 1 aliphatic heterocycles. The van der Waals surface area contributed by atoms with Gasteiger partial charge in [0.1, 0.15) is 5.15 Å². The fourth-order valence-corrected chi connectivity index (χ4v) is 3.36. The Hall–Kier alpha value is -2.16. The molecular weight excluding hydrogens is 407 g/mol. The van der Waals surface area contributed by atoms with Crippen LogP contribution >= 0.6 is 11.6 Å². The average Bonchev–Trinajstić information content (AvgIpc) is 2.68. The highest BCUT2D eigenvalue weighted by Crippen LogP contribution is 2.32. The summed E-state index contributed by atoms with van der Waals surface area (Å²) in [4.78, 5) is 18.4. The number of ether oxygens (including phenoxy) is 1. The molecule has 1 amide bonds. The van der Waals surface area contributed by atoms with Crippen molar-refractivity contribution in [2.45, 2.75) is 19.0 Å². The van der Waals surface area contributed by atoms with Crippen molar-refractivity contribution < 1.29 is 22.7 Å². The number of anilines is 1. The van der Waals surface area contributed by atoms with Crippen LogP contribution in [0, 0.1) is 0 Å². The summed E-state index contributed by atoms with van der Waals surface area (Å²) in [5, 5.41) is 2.49. The highest BCUT2D eigenvalue weighted by atomic mass is 35.5. The first-order chi connectivity index (χ1) is 13.8. The molecule has 9 heteroatoms. The van der Waals surface area contributed by atoms with E-state index in [0.29, 0.717) is 31.6 Å². The topological polar surface area (TPSA) is 54.5 Å². The Balaban J connectivity index is 1.73. The van der Waals surface area contributed by atoms with Crippen LogP contribution in [-0.4, -0.2) is 48.6 Å². The third kappa shape index (κ3) is 6.16. The number of aromatic nitrogens is 1. The molecule has 1 aromatic carbocycles. The minimum absolute atomic E-state index is 0.0114. The molecule has 0 saturated carbocycles. The van der Waals surface area contributed by atoms with Gasteiger partial charge in [0.05, 0.1) is 24.3 Å². The summed E-state index contributed by atoms with van der Waals surface area (Å²) in [5.41, 5.74) is -0.110. The van der Waals surface area contributed by atoms with Crippen LogP contribution in [0.25, 0.3) is 0 Å². The van der Waals surface area contributed by atoms with E-state index in [2.05, 4.69) is 15.2 Å². The zero-order valence-corrected chi connectivity index (χ0v) is 16.4. The number of halogens is 4. The number of nitrogens with one attached hydrogen (secondary N) is 1. The SMILES string of the molecule is O=C(Nc1cc(CCCN2CCOCC2)cc(C(F)(F)F)c1)c1cccnc1Cl. The lowest BCUT2D eigenvalue weighted by atomic mass is 10.0. The first-order valence-corrected chi connectivity index (χ1v) is 9.64. The Morgan fingerprint density at radius 1 is 1.24 bits per heavy atom. The molecule has 1 saturated heterocycles. The largest absolute Gasteiger partial charge is 0.416 e. The van der Waals surface area contributed by atoms with E-state index < -0.39 is 17.6 Å². The lowest BCUT2D eigenvalue weighted by molar-refractivity contribution is -0.137. The number of amides is 1. The van der Waals surface area contributed by atoms with E-state index in [9.17, 15) is 18.0 Å². The second-order valence-electron chi connectivity index (χ2n) is 6.77. The van der Waals surface area contributed by atoms with Crippen molar-refractivity contribution in [3.05, 3.63) is 58.4 Å². The van der Waals surface area contributed by atoms with Crippen molar-refractivity contribution in [1.29, 1.82) is 0 Å². The zero-order chi connectivity index (χ0) is 20.9. The molecule has 3 rings (SSSR count). The molecule has 0 atom stereocenters. The van der Waals surface area contributed by atoms with Gasteiger partial charge in [0.2, 0.25) is 0 Å². The van der Waals surface area contributed by atoms with Gasteiger partial charge < -0.3 is 10.1 Å². The van der Waals surface area contributed by atoms with Gasteiger partial charge >= 0.3 is 6.18 Å². The molecule has 0 aliphatic carbocycles. The van der Waals surface area contributed by atoms with Crippen molar-refractivity contribution in [1.82, 2.24) is 9.88 Å². The maximum Gasteiger partial charge on any atom is 0.416 e. The van der Waals surface area contributed by atoms with Crippen LogP contribution in [0.2, 0.25) is 5.15 Å². The summed E-state index contributed by atoms with van der Waals surface area (Å²) in [7, 11) is 0. The summed E-state index contributed by atoms with van der Waals surface area (Å²) < 4.78 is 45.3. The normalized spacial score (nSPS) is 15.3. The molecule has 0 spiro atoms. The Morgan fingerprint density at radius 3 is 2.69 bits per heavy atom. The van der Waals surface area contributed by atoms with Gasteiger partial charge in [0.25, 0.3) is 5.91 Å². The zero-order valence-electron chi connectivity index (χ0n) is 15.6. The van der Waals surface area contributed by atoms with E-state index in [4.69, 9.17) is 16.3 Å². The van der Waals surface area contributed by atoms with Crippen LogP contribution < -0.4 is 5.32 Å². The average molecular weight is 428 g/mol. The molecule has 2 aromatic rings. The molecule has 29 heavy (non-hydrogen) atoms. The highest BCUT2D eigenvalue weighted by molar-refractivity contribution is 6.33. The minimum Gasteiger partial charge on any atom is -0.379 e. The quantitative estimate of drug-likeness (QED) is 0.699. The van der Waals surface area contributed by atoms with Crippen molar-refractivity contribution in [3.8, 4) is 0 Å². The van der Waals surface area contributed by atoms with E-state index in [1.54, 1.807) is 6.07 Å². The number of morpholine rings is 1. The van der Waals surface area contributed by atoms with Crippen molar-refractivity contribution in [3.63, 3.8) is 0 Å². The number of aryl methyl sites for hydroxylation is 1. The number of nitrogens with zero attached hydrogens (tertiary/aromatic N) is 2. The van der Waals surface area contributed by atoms with Gasteiger partial charge in [0.15, 0.2) is 0 Å². The molecule has 156 valence electrons. The summed E-state index contributed by atoms with van der Waals surface area (Å²) in [6.45, 7) is 3.80. The number of hydrogen-bond acceptors (Lipinski definition) is 4. The van der Waals surface area contributed by atoms with E-state index in [1.807, 2.05) is 0 Å². The molecule has 5 nitrogen and oxygen atoms in total. The molecular formula is C20H21ClF3N3O2. The number of carbonyl (C=O) groups is 1. The summed E-state index contributed by atoms with van der Waals surface area (Å²) in [6, 6.07) is 6.61. The van der Waals surface area contributed by atoms with E-state index in [1.165, 1.54) is 18.3 Å². The number of carbonyl (C=O) groups excluding carboxylic acids is 1. The van der Waals surface area contributed by atoms with Crippen LogP contribution in [-0.2, 0) is 17.3 Å². The summed E-state index contributed by atoms with van der Waals surface area (Å²) >= 11 is 5.90. The van der Waals surface area contributed by atoms with E-state index >= 15 is 0 Å². The lowest BCUT2D eigenvalue weighted by Gasteiger charge is -2.26. The predicted octanol–water partition coefficient (Wildman–Crippen LogP) is 4.27. The van der Waals surface area contributed by atoms with Gasteiger partial charge in [-0.15, -0.1) is 0 Å². The first-order valence-electron chi connectivity index (χ1n) is 9.26. The molecule has 0 unspecified atom stereocenters.